The van der Waals surface area contributed by atoms with Crippen LogP contribution in [0.25, 0.3) is 27.6 Å². The van der Waals surface area contributed by atoms with E-state index in [-0.39, 0.29) is 0 Å². The van der Waals surface area contributed by atoms with Crippen molar-refractivity contribution < 1.29 is 5.94 Å². The molecule has 0 spiro atoms. The maximum Gasteiger partial charge on any atom is 0.286 e. The molecule has 0 radical (unpaired) electrons. The molecule has 2 heterocycles. The largest absolute Gasteiger partial charge is 0.286 e. The van der Waals surface area contributed by atoms with Crippen LogP contribution in [0.15, 0.2) is 54.7 Å². The lowest BCUT2D eigenvalue weighted by molar-refractivity contribution is -0.665. The minimum absolute atomic E-state index is 0.500. The normalized spacial score (nSPS) is 12.1. The van der Waals surface area contributed by atoms with Gasteiger partial charge in [-0.05, 0) is 61.7 Å². The summed E-state index contributed by atoms with van der Waals surface area (Å²) < 4.78 is 12.4. The topological polar surface area (TPSA) is 8.81 Å². The van der Waals surface area contributed by atoms with Crippen molar-refractivity contribution >= 4 is 21.8 Å². The van der Waals surface area contributed by atoms with Gasteiger partial charge in [0.1, 0.15) is 12.4 Å². The highest BCUT2D eigenvalue weighted by Crippen LogP contribution is 2.34. The van der Waals surface area contributed by atoms with E-state index in [2.05, 4.69) is 61.7 Å². The Morgan fingerprint density at radius 1 is 0.957 bits per heavy atom. The lowest BCUT2D eigenvalue weighted by Crippen LogP contribution is -2.33. The Morgan fingerprint density at radius 2 is 1.74 bits per heavy atom. The maximum absolute atomic E-state index is 8.17. The number of hydrogen-bond acceptors (Lipinski definition) is 0. The van der Waals surface area contributed by atoms with Gasteiger partial charge in [0.2, 0.25) is 0 Å². The molecule has 2 aromatic heterocycles. The van der Waals surface area contributed by atoms with Crippen LogP contribution in [-0.4, -0.2) is 4.57 Å². The summed E-state index contributed by atoms with van der Waals surface area (Å²) in [5.74, 6) is 1.02. The number of benzene rings is 2. The SMILES string of the molecule is [2H]c1cccc(-n2c3cc(C)ccc3c3ccc(C)c(C)c32)[n+]1C. The summed E-state index contributed by atoms with van der Waals surface area (Å²) in [6.07, 6.45) is 0.500. The van der Waals surface area contributed by atoms with Crippen molar-refractivity contribution in [2.75, 3.05) is 0 Å². The zero-order valence-corrected chi connectivity index (χ0v) is 14.0. The number of pyridine rings is 1. The van der Waals surface area contributed by atoms with Gasteiger partial charge in [-0.3, -0.25) is 0 Å². The third-order valence-electron chi connectivity index (χ3n) is 4.79. The molecule has 0 N–H and O–H groups in total. The van der Waals surface area contributed by atoms with Gasteiger partial charge in [0.15, 0.2) is 0 Å². The second-order valence-electron chi connectivity index (χ2n) is 6.33. The molecule has 0 aliphatic carbocycles. The van der Waals surface area contributed by atoms with Crippen molar-refractivity contribution in [3.05, 3.63) is 71.4 Å². The molecule has 0 aliphatic heterocycles. The molecule has 0 aliphatic rings. The van der Waals surface area contributed by atoms with Crippen molar-refractivity contribution in [3.63, 3.8) is 0 Å². The quantitative estimate of drug-likeness (QED) is 0.457. The van der Waals surface area contributed by atoms with E-state index in [0.29, 0.717) is 6.17 Å². The van der Waals surface area contributed by atoms with Crippen molar-refractivity contribution in [3.8, 4) is 5.82 Å². The minimum atomic E-state index is 0.500. The van der Waals surface area contributed by atoms with Crippen LogP contribution in [0.4, 0.5) is 0 Å². The van der Waals surface area contributed by atoms with Crippen molar-refractivity contribution in [2.24, 2.45) is 7.05 Å². The Balaban J connectivity index is 2.29. The highest BCUT2D eigenvalue weighted by molar-refractivity contribution is 6.10. The first kappa shape index (κ1) is 12.9. The molecular weight excluding hydrogens is 280 g/mol. The average Bonchev–Trinajstić information content (AvgIpc) is 2.87. The number of nitrogens with zero attached hydrogens (tertiary/aromatic N) is 2. The Hall–Kier alpha value is -2.61. The standard InChI is InChI=1S/C21H21N2/c1-14-8-10-17-18-11-9-15(2)16(3)21(18)23(19(17)13-14)20-7-5-6-12-22(20)4/h5-13H,1-4H3/q+1/i12D. The van der Waals surface area contributed by atoms with Crippen LogP contribution in [-0.2, 0) is 7.05 Å². The third kappa shape index (κ3) is 1.98. The molecule has 0 atom stereocenters. The molecule has 0 fully saturated rings. The van der Waals surface area contributed by atoms with Crippen LogP contribution in [0.5, 0.6) is 0 Å². The van der Waals surface area contributed by atoms with Crippen LogP contribution in [0.3, 0.4) is 0 Å². The summed E-state index contributed by atoms with van der Waals surface area (Å²) in [7, 11) is 1.95. The van der Waals surface area contributed by atoms with Crippen LogP contribution in [0, 0.1) is 20.8 Å². The monoisotopic (exact) mass is 302 g/mol. The van der Waals surface area contributed by atoms with Gasteiger partial charge in [-0.25, -0.2) is 4.57 Å². The lowest BCUT2D eigenvalue weighted by atomic mass is 10.0. The first-order valence-corrected chi connectivity index (χ1v) is 7.96. The van der Waals surface area contributed by atoms with E-state index in [4.69, 9.17) is 1.37 Å². The van der Waals surface area contributed by atoms with E-state index in [1.807, 2.05) is 23.7 Å². The molecule has 4 aromatic rings. The summed E-state index contributed by atoms with van der Waals surface area (Å²) in [6.45, 7) is 6.47. The number of aryl methyl sites for hydroxylation is 3. The van der Waals surface area contributed by atoms with E-state index in [1.165, 1.54) is 38.5 Å². The van der Waals surface area contributed by atoms with Crippen molar-refractivity contribution in [2.45, 2.75) is 20.8 Å². The summed E-state index contributed by atoms with van der Waals surface area (Å²) >= 11 is 0. The first-order valence-electron chi connectivity index (χ1n) is 8.46. The second kappa shape index (κ2) is 4.95. The van der Waals surface area contributed by atoms with Crippen molar-refractivity contribution in [1.29, 1.82) is 0 Å². The molecular formula is C21H21N2+. The average molecular weight is 302 g/mol. The van der Waals surface area contributed by atoms with Crippen LogP contribution < -0.4 is 4.57 Å². The van der Waals surface area contributed by atoms with E-state index < -0.39 is 0 Å². The van der Waals surface area contributed by atoms with Gasteiger partial charge in [0, 0.05) is 16.8 Å². The van der Waals surface area contributed by atoms with Crippen LogP contribution in [0.1, 0.15) is 18.1 Å². The number of fused-ring (bicyclic) bond motifs is 3. The molecule has 114 valence electrons. The Labute approximate surface area is 138 Å². The summed E-state index contributed by atoms with van der Waals surface area (Å²) in [5.41, 5.74) is 6.24. The second-order valence-corrected chi connectivity index (χ2v) is 6.33. The van der Waals surface area contributed by atoms with Gasteiger partial charge < -0.3 is 0 Å². The van der Waals surface area contributed by atoms with Crippen LogP contribution >= 0.6 is 0 Å². The lowest BCUT2D eigenvalue weighted by Gasteiger charge is -2.06. The zero-order chi connectivity index (χ0) is 17.0. The van der Waals surface area contributed by atoms with Gasteiger partial charge in [-0.15, -0.1) is 0 Å². The molecule has 23 heavy (non-hydrogen) atoms. The molecule has 2 nitrogen and oxygen atoms in total. The smallest absolute Gasteiger partial charge is 0.237 e. The summed E-state index contributed by atoms with van der Waals surface area (Å²) in [5, 5.41) is 2.53. The van der Waals surface area contributed by atoms with Gasteiger partial charge in [0.25, 0.3) is 5.82 Å². The highest BCUT2D eigenvalue weighted by Gasteiger charge is 2.22. The van der Waals surface area contributed by atoms with E-state index in [9.17, 15) is 0 Å². The molecule has 0 saturated heterocycles. The fraction of sp³-hybridized carbons (Fsp3) is 0.190. The fourth-order valence-electron chi connectivity index (χ4n) is 3.41. The van der Waals surface area contributed by atoms with Crippen molar-refractivity contribution in [1.82, 2.24) is 4.57 Å². The Kier molecular flexibility index (Phi) is 2.77. The molecule has 0 bridgehead atoms. The fourth-order valence-corrected chi connectivity index (χ4v) is 3.41. The van der Waals surface area contributed by atoms with Gasteiger partial charge in [-0.1, -0.05) is 18.2 Å². The summed E-state index contributed by atoms with van der Waals surface area (Å²) in [6, 6.07) is 16.9. The Bertz CT molecular complexity index is 1110. The first-order chi connectivity index (χ1) is 11.5. The predicted octanol–water partition coefficient (Wildman–Crippen LogP) is 4.53. The van der Waals surface area contributed by atoms with E-state index in [0.717, 1.165) is 5.82 Å². The molecule has 2 heteroatoms. The van der Waals surface area contributed by atoms with Gasteiger partial charge >= 0.3 is 0 Å². The Morgan fingerprint density at radius 3 is 2.57 bits per heavy atom. The number of aromatic nitrogens is 2. The van der Waals surface area contributed by atoms with Crippen LogP contribution in [0.2, 0.25) is 0 Å². The van der Waals surface area contributed by atoms with E-state index >= 15 is 0 Å². The molecule has 0 unspecified atom stereocenters. The molecule has 0 amide bonds. The molecule has 2 aromatic carbocycles. The third-order valence-corrected chi connectivity index (χ3v) is 4.79. The molecule has 0 saturated carbocycles. The highest BCUT2D eigenvalue weighted by atomic mass is 15.1. The summed E-state index contributed by atoms with van der Waals surface area (Å²) in [4.78, 5) is 0. The minimum Gasteiger partial charge on any atom is -0.237 e. The number of rotatable bonds is 1. The van der Waals surface area contributed by atoms with Gasteiger partial charge in [0.05, 0.1) is 13.2 Å². The maximum atomic E-state index is 8.17. The van der Waals surface area contributed by atoms with Gasteiger partial charge in [-0.2, -0.15) is 4.57 Å². The predicted molar refractivity (Wildman–Crippen MR) is 96.2 cm³/mol. The molecule has 4 rings (SSSR count). The van der Waals surface area contributed by atoms with E-state index in [1.54, 1.807) is 0 Å². The number of hydrogen-bond donors (Lipinski definition) is 0. The zero-order valence-electron chi connectivity index (χ0n) is 15.0.